The number of aromatic nitrogens is 2. The Morgan fingerprint density at radius 2 is 1.67 bits per heavy atom. The highest BCUT2D eigenvalue weighted by molar-refractivity contribution is 8.03. The Kier molecular flexibility index (Phi) is 7.32. The summed E-state index contributed by atoms with van der Waals surface area (Å²) < 4.78 is 1.74. The second-order valence-corrected chi connectivity index (χ2v) is 9.64. The minimum Gasteiger partial charge on any atom is -0.325 e. The Bertz CT molecular complexity index is 864. The summed E-state index contributed by atoms with van der Waals surface area (Å²) in [6.45, 7) is 4.30. The van der Waals surface area contributed by atoms with Crippen molar-refractivity contribution in [1.82, 2.24) is 10.2 Å². The number of nitrogens with one attached hydrogen (secondary N) is 1. The van der Waals surface area contributed by atoms with Gasteiger partial charge in [-0.2, -0.15) is 0 Å². The molecule has 0 fully saturated rings. The first-order chi connectivity index (χ1) is 13.1. The van der Waals surface area contributed by atoms with Gasteiger partial charge in [0.2, 0.25) is 5.91 Å². The lowest BCUT2D eigenvalue weighted by molar-refractivity contribution is -0.113. The van der Waals surface area contributed by atoms with Crippen molar-refractivity contribution < 1.29 is 4.79 Å². The van der Waals surface area contributed by atoms with Gasteiger partial charge in [0.1, 0.15) is 0 Å². The fourth-order valence-corrected chi connectivity index (χ4v) is 5.08. The van der Waals surface area contributed by atoms with E-state index in [1.54, 1.807) is 11.8 Å². The van der Waals surface area contributed by atoms with Gasteiger partial charge in [-0.1, -0.05) is 91.2 Å². The predicted octanol–water partition coefficient (Wildman–Crippen LogP) is 5.68. The third-order valence-electron chi connectivity index (χ3n) is 3.78. The first-order valence-corrected chi connectivity index (χ1v) is 11.4. The van der Waals surface area contributed by atoms with Gasteiger partial charge in [-0.25, -0.2) is 0 Å². The van der Waals surface area contributed by atoms with Gasteiger partial charge in [-0.05, 0) is 29.2 Å². The predicted molar refractivity (Wildman–Crippen MR) is 116 cm³/mol. The van der Waals surface area contributed by atoms with E-state index >= 15 is 0 Å². The smallest absolute Gasteiger partial charge is 0.234 e. The zero-order valence-electron chi connectivity index (χ0n) is 15.2. The number of benzene rings is 2. The standard InChI is InChI=1S/C20H21N3OS3/c1-14(2)16-8-10-17(11-9-16)21-18(24)13-26-20-23-22-19(27-20)25-12-15-6-4-3-5-7-15/h3-11,14H,12-13H2,1-2H3,(H,21,24). The van der Waals surface area contributed by atoms with Crippen molar-refractivity contribution in [1.29, 1.82) is 0 Å². The molecule has 0 aliphatic rings. The molecule has 0 radical (unpaired) electrons. The Morgan fingerprint density at radius 1 is 1.00 bits per heavy atom. The van der Waals surface area contributed by atoms with Gasteiger partial charge in [-0.3, -0.25) is 4.79 Å². The van der Waals surface area contributed by atoms with Crippen LogP contribution in [0.2, 0.25) is 0 Å². The van der Waals surface area contributed by atoms with Crippen molar-refractivity contribution in [2.75, 3.05) is 11.1 Å². The highest BCUT2D eigenvalue weighted by atomic mass is 32.2. The molecule has 0 spiro atoms. The van der Waals surface area contributed by atoms with E-state index in [0.717, 1.165) is 20.1 Å². The number of thioether (sulfide) groups is 2. The van der Waals surface area contributed by atoms with Gasteiger partial charge in [-0.15, -0.1) is 10.2 Å². The van der Waals surface area contributed by atoms with Gasteiger partial charge in [0.05, 0.1) is 5.75 Å². The molecular weight excluding hydrogens is 394 g/mol. The Labute approximate surface area is 172 Å². The third-order valence-corrected chi connectivity index (χ3v) is 7.04. The molecule has 3 aromatic rings. The minimum absolute atomic E-state index is 0.0361. The Morgan fingerprint density at radius 3 is 2.33 bits per heavy atom. The second-order valence-electron chi connectivity index (χ2n) is 6.22. The lowest BCUT2D eigenvalue weighted by Crippen LogP contribution is -2.13. The van der Waals surface area contributed by atoms with E-state index in [1.807, 2.05) is 30.3 Å². The highest BCUT2D eigenvalue weighted by Gasteiger charge is 2.09. The zero-order chi connectivity index (χ0) is 19.1. The maximum absolute atomic E-state index is 12.1. The number of carbonyl (C=O) groups excluding carboxylic acids is 1. The van der Waals surface area contributed by atoms with Crippen LogP contribution in [0, 0.1) is 0 Å². The fourth-order valence-electron chi connectivity index (χ4n) is 2.31. The summed E-state index contributed by atoms with van der Waals surface area (Å²) in [5, 5.41) is 11.3. The van der Waals surface area contributed by atoms with Crippen molar-refractivity contribution in [2.45, 2.75) is 34.2 Å². The van der Waals surface area contributed by atoms with Gasteiger partial charge in [0.25, 0.3) is 0 Å². The molecule has 0 unspecified atom stereocenters. The summed E-state index contributed by atoms with van der Waals surface area (Å²) in [5.41, 5.74) is 3.34. The van der Waals surface area contributed by atoms with Crippen molar-refractivity contribution in [3.8, 4) is 0 Å². The Balaban J connectivity index is 1.44. The van der Waals surface area contributed by atoms with Gasteiger partial charge in [0, 0.05) is 11.4 Å². The summed E-state index contributed by atoms with van der Waals surface area (Å²) in [5.74, 6) is 1.64. The molecule has 7 heteroatoms. The third kappa shape index (κ3) is 6.37. The maximum Gasteiger partial charge on any atom is 0.234 e. The first-order valence-electron chi connectivity index (χ1n) is 8.63. The summed E-state index contributed by atoms with van der Waals surface area (Å²) in [6.07, 6.45) is 0. The average Bonchev–Trinajstić information content (AvgIpc) is 3.14. The molecule has 1 N–H and O–H groups in total. The molecule has 1 aromatic heterocycles. The molecule has 2 aromatic carbocycles. The van der Waals surface area contributed by atoms with Crippen LogP contribution in [0.1, 0.15) is 30.9 Å². The lowest BCUT2D eigenvalue weighted by atomic mass is 10.0. The van der Waals surface area contributed by atoms with Crippen LogP contribution in [0.4, 0.5) is 5.69 Å². The van der Waals surface area contributed by atoms with Crippen LogP contribution in [-0.2, 0) is 10.5 Å². The molecular formula is C20H21N3OS3. The fraction of sp³-hybridized carbons (Fsp3) is 0.250. The largest absolute Gasteiger partial charge is 0.325 e. The summed E-state index contributed by atoms with van der Waals surface area (Å²) in [6, 6.07) is 18.3. The van der Waals surface area contributed by atoms with Crippen LogP contribution in [-0.4, -0.2) is 21.9 Å². The zero-order valence-corrected chi connectivity index (χ0v) is 17.7. The number of hydrogen-bond donors (Lipinski definition) is 1. The van der Waals surface area contributed by atoms with Crippen LogP contribution in [0.5, 0.6) is 0 Å². The molecule has 0 saturated heterocycles. The van der Waals surface area contributed by atoms with E-state index < -0.39 is 0 Å². The average molecular weight is 416 g/mol. The summed E-state index contributed by atoms with van der Waals surface area (Å²) in [4.78, 5) is 12.1. The van der Waals surface area contributed by atoms with Gasteiger partial charge in [0.15, 0.2) is 8.68 Å². The Hall–Kier alpha value is -1.83. The number of anilines is 1. The van der Waals surface area contributed by atoms with Crippen LogP contribution in [0.3, 0.4) is 0 Å². The lowest BCUT2D eigenvalue weighted by Gasteiger charge is -2.08. The molecule has 1 heterocycles. The molecule has 1 amide bonds. The van der Waals surface area contributed by atoms with E-state index in [9.17, 15) is 4.79 Å². The van der Waals surface area contributed by atoms with E-state index in [4.69, 9.17) is 0 Å². The van der Waals surface area contributed by atoms with Crippen molar-refractivity contribution in [3.05, 3.63) is 65.7 Å². The second kappa shape index (κ2) is 9.92. The summed E-state index contributed by atoms with van der Waals surface area (Å²) in [7, 11) is 0. The molecule has 0 atom stereocenters. The van der Waals surface area contributed by atoms with E-state index in [-0.39, 0.29) is 5.91 Å². The normalized spacial score (nSPS) is 10.9. The molecule has 0 aliphatic carbocycles. The van der Waals surface area contributed by atoms with Crippen molar-refractivity contribution >= 4 is 46.5 Å². The maximum atomic E-state index is 12.1. The number of amides is 1. The van der Waals surface area contributed by atoms with Crippen LogP contribution < -0.4 is 5.32 Å². The molecule has 4 nitrogen and oxygen atoms in total. The first kappa shape index (κ1) is 19.9. The number of rotatable bonds is 8. The van der Waals surface area contributed by atoms with Gasteiger partial charge >= 0.3 is 0 Å². The van der Waals surface area contributed by atoms with Crippen LogP contribution >= 0.6 is 34.9 Å². The highest BCUT2D eigenvalue weighted by Crippen LogP contribution is 2.30. The topological polar surface area (TPSA) is 54.9 Å². The van der Waals surface area contributed by atoms with E-state index in [0.29, 0.717) is 11.7 Å². The van der Waals surface area contributed by atoms with E-state index in [2.05, 4.69) is 53.6 Å². The molecule has 3 rings (SSSR count). The summed E-state index contributed by atoms with van der Waals surface area (Å²) >= 11 is 4.61. The SMILES string of the molecule is CC(C)c1ccc(NC(=O)CSc2nnc(SCc3ccccc3)s2)cc1. The molecule has 0 bridgehead atoms. The molecule has 140 valence electrons. The van der Waals surface area contributed by atoms with Crippen molar-refractivity contribution in [2.24, 2.45) is 0 Å². The molecule has 0 saturated carbocycles. The van der Waals surface area contributed by atoms with Crippen molar-refractivity contribution in [3.63, 3.8) is 0 Å². The van der Waals surface area contributed by atoms with Gasteiger partial charge < -0.3 is 5.32 Å². The number of nitrogens with zero attached hydrogens (tertiary/aromatic N) is 2. The number of carbonyl (C=O) groups is 1. The quantitative estimate of drug-likeness (QED) is 0.479. The van der Waals surface area contributed by atoms with Crippen LogP contribution in [0.15, 0.2) is 63.3 Å². The van der Waals surface area contributed by atoms with E-state index in [1.165, 1.54) is 34.2 Å². The monoisotopic (exact) mass is 415 g/mol. The number of hydrogen-bond acceptors (Lipinski definition) is 6. The molecule has 27 heavy (non-hydrogen) atoms. The minimum atomic E-state index is -0.0361. The molecule has 0 aliphatic heterocycles. The van der Waals surface area contributed by atoms with Crippen LogP contribution in [0.25, 0.3) is 0 Å².